The maximum atomic E-state index is 8.87. The second-order valence-electron chi connectivity index (χ2n) is 2.94. The van der Waals surface area contributed by atoms with Crippen molar-refractivity contribution in [2.45, 2.75) is 6.92 Å². The lowest BCUT2D eigenvalue weighted by atomic mass is 10.2. The van der Waals surface area contributed by atoms with Crippen molar-refractivity contribution in [3.8, 4) is 11.8 Å². The van der Waals surface area contributed by atoms with Gasteiger partial charge in [-0.2, -0.15) is 5.26 Å². The Hall–Kier alpha value is -2.15. The number of hydrogen-bond acceptors (Lipinski definition) is 4. The molecule has 0 aliphatic carbocycles. The molecule has 0 fully saturated rings. The van der Waals surface area contributed by atoms with E-state index in [-0.39, 0.29) is 5.69 Å². The summed E-state index contributed by atoms with van der Waals surface area (Å²) in [4.78, 5) is 0. The van der Waals surface area contributed by atoms with Crippen LogP contribution in [0.2, 0.25) is 0 Å². The molecule has 0 saturated heterocycles. The van der Waals surface area contributed by atoms with Crippen LogP contribution in [0.25, 0.3) is 10.9 Å². The summed E-state index contributed by atoms with van der Waals surface area (Å²) < 4.78 is 5.42. The van der Waals surface area contributed by atoms with Gasteiger partial charge in [0.2, 0.25) is 5.69 Å². The molecule has 1 aromatic carbocycles. The molecule has 2 rings (SSSR count). The van der Waals surface area contributed by atoms with Gasteiger partial charge < -0.3 is 4.74 Å². The summed E-state index contributed by atoms with van der Waals surface area (Å²) in [6.07, 6.45) is 0. The quantitative estimate of drug-likeness (QED) is 0.741. The summed E-state index contributed by atoms with van der Waals surface area (Å²) in [6, 6.07) is 9.44. The van der Waals surface area contributed by atoms with Crippen LogP contribution in [0.4, 0.5) is 0 Å². The van der Waals surface area contributed by atoms with Gasteiger partial charge in [0, 0.05) is 5.39 Å². The number of aromatic nitrogens is 2. The molecule has 0 aliphatic rings. The van der Waals surface area contributed by atoms with Crippen LogP contribution < -0.4 is 4.74 Å². The van der Waals surface area contributed by atoms with Crippen molar-refractivity contribution in [3.63, 3.8) is 0 Å². The smallest absolute Gasteiger partial charge is 0.205 e. The van der Waals surface area contributed by atoms with Gasteiger partial charge in [-0.15, -0.1) is 10.2 Å². The van der Waals surface area contributed by atoms with E-state index in [1.54, 1.807) is 0 Å². The number of nitriles is 1. The SMILES string of the molecule is CCOc1c(C#N)nnc2ccccc12. The van der Waals surface area contributed by atoms with Crippen LogP contribution in [0.5, 0.6) is 5.75 Å². The number of rotatable bonds is 2. The van der Waals surface area contributed by atoms with Crippen LogP contribution >= 0.6 is 0 Å². The second kappa shape index (κ2) is 3.93. The van der Waals surface area contributed by atoms with E-state index in [1.165, 1.54) is 0 Å². The normalized spacial score (nSPS) is 9.87. The minimum absolute atomic E-state index is 0.232. The molecule has 0 spiro atoms. The van der Waals surface area contributed by atoms with Crippen LogP contribution in [0, 0.1) is 11.3 Å². The first-order valence-corrected chi connectivity index (χ1v) is 4.65. The zero-order valence-corrected chi connectivity index (χ0v) is 8.27. The summed E-state index contributed by atoms with van der Waals surface area (Å²) in [7, 11) is 0. The molecule has 15 heavy (non-hydrogen) atoms. The van der Waals surface area contributed by atoms with Gasteiger partial charge in [0.25, 0.3) is 0 Å². The average molecular weight is 199 g/mol. The van der Waals surface area contributed by atoms with Crippen molar-refractivity contribution in [2.75, 3.05) is 6.61 Å². The minimum Gasteiger partial charge on any atom is -0.490 e. The number of hydrogen-bond donors (Lipinski definition) is 0. The molecule has 74 valence electrons. The number of nitrogens with zero attached hydrogens (tertiary/aromatic N) is 3. The molecule has 0 N–H and O–H groups in total. The molecule has 4 heteroatoms. The number of benzene rings is 1. The van der Waals surface area contributed by atoms with E-state index in [4.69, 9.17) is 10.00 Å². The molecule has 0 saturated carbocycles. The predicted molar refractivity (Wildman–Crippen MR) is 55.4 cm³/mol. The maximum absolute atomic E-state index is 8.87. The van der Waals surface area contributed by atoms with Crippen LogP contribution in [0.1, 0.15) is 12.6 Å². The van der Waals surface area contributed by atoms with Gasteiger partial charge in [-0.1, -0.05) is 12.1 Å². The largest absolute Gasteiger partial charge is 0.490 e. The van der Waals surface area contributed by atoms with E-state index in [9.17, 15) is 0 Å². The molecule has 0 unspecified atom stereocenters. The Morgan fingerprint density at radius 2 is 2.13 bits per heavy atom. The first kappa shape index (κ1) is 9.41. The van der Waals surface area contributed by atoms with Crippen molar-refractivity contribution in [1.29, 1.82) is 5.26 Å². The van der Waals surface area contributed by atoms with Crippen LogP contribution in [0.3, 0.4) is 0 Å². The second-order valence-corrected chi connectivity index (χ2v) is 2.94. The molecular formula is C11H9N3O. The first-order valence-electron chi connectivity index (χ1n) is 4.65. The Morgan fingerprint density at radius 1 is 1.33 bits per heavy atom. The fraction of sp³-hybridized carbons (Fsp3) is 0.182. The van der Waals surface area contributed by atoms with Gasteiger partial charge in [-0.3, -0.25) is 0 Å². The molecule has 1 aromatic heterocycles. The zero-order chi connectivity index (χ0) is 10.7. The van der Waals surface area contributed by atoms with Gasteiger partial charge >= 0.3 is 0 Å². The Kier molecular flexibility index (Phi) is 2.46. The third kappa shape index (κ3) is 1.59. The molecule has 4 nitrogen and oxygen atoms in total. The summed E-state index contributed by atoms with van der Waals surface area (Å²) in [6.45, 7) is 2.38. The molecule has 0 aliphatic heterocycles. The molecule has 2 aromatic rings. The Labute approximate surface area is 87.1 Å². The number of ether oxygens (including phenoxy) is 1. The fourth-order valence-electron chi connectivity index (χ4n) is 1.39. The van der Waals surface area contributed by atoms with Crippen molar-refractivity contribution < 1.29 is 4.74 Å². The lowest BCUT2D eigenvalue weighted by molar-refractivity contribution is 0.341. The molecule has 1 heterocycles. The van der Waals surface area contributed by atoms with Crippen LogP contribution in [0.15, 0.2) is 24.3 Å². The summed E-state index contributed by atoms with van der Waals surface area (Å²) in [5, 5.41) is 17.4. The standard InChI is InChI=1S/C11H9N3O/c1-2-15-11-8-5-3-4-6-9(8)13-14-10(11)7-12/h3-6H,2H2,1H3. The molecule has 0 amide bonds. The summed E-state index contributed by atoms with van der Waals surface area (Å²) in [5.41, 5.74) is 0.968. The predicted octanol–water partition coefficient (Wildman–Crippen LogP) is 1.90. The monoisotopic (exact) mass is 199 g/mol. The minimum atomic E-state index is 0.232. The van der Waals surface area contributed by atoms with E-state index < -0.39 is 0 Å². The Bertz CT molecular complexity index is 531. The van der Waals surface area contributed by atoms with Crippen molar-refractivity contribution in [2.24, 2.45) is 0 Å². The van der Waals surface area contributed by atoms with E-state index in [2.05, 4.69) is 10.2 Å². The summed E-state index contributed by atoms with van der Waals surface area (Å²) >= 11 is 0. The topological polar surface area (TPSA) is 58.8 Å². The Balaban J connectivity index is 2.74. The fourth-order valence-corrected chi connectivity index (χ4v) is 1.39. The van der Waals surface area contributed by atoms with Gasteiger partial charge in [0.05, 0.1) is 12.1 Å². The molecule has 0 bridgehead atoms. The molecule has 0 radical (unpaired) electrons. The highest BCUT2D eigenvalue weighted by atomic mass is 16.5. The highest BCUT2D eigenvalue weighted by Crippen LogP contribution is 2.25. The number of fused-ring (bicyclic) bond motifs is 1. The van der Waals surface area contributed by atoms with Crippen LogP contribution in [-0.4, -0.2) is 16.8 Å². The van der Waals surface area contributed by atoms with Gasteiger partial charge in [-0.25, -0.2) is 0 Å². The highest BCUT2D eigenvalue weighted by molar-refractivity contribution is 5.85. The molecule has 0 atom stereocenters. The lowest BCUT2D eigenvalue weighted by Gasteiger charge is -2.06. The third-order valence-corrected chi connectivity index (χ3v) is 2.02. The van der Waals surface area contributed by atoms with E-state index in [1.807, 2.05) is 37.3 Å². The highest BCUT2D eigenvalue weighted by Gasteiger charge is 2.10. The molecular weight excluding hydrogens is 190 g/mol. The van der Waals surface area contributed by atoms with Gasteiger partial charge in [0.15, 0.2) is 5.75 Å². The Morgan fingerprint density at radius 3 is 2.87 bits per heavy atom. The third-order valence-electron chi connectivity index (χ3n) is 2.02. The van der Waals surface area contributed by atoms with Gasteiger partial charge in [-0.05, 0) is 19.1 Å². The lowest BCUT2D eigenvalue weighted by Crippen LogP contribution is -1.99. The summed E-state index contributed by atoms with van der Waals surface area (Å²) in [5.74, 6) is 0.519. The van der Waals surface area contributed by atoms with Crippen molar-refractivity contribution >= 4 is 10.9 Å². The van der Waals surface area contributed by atoms with Crippen LogP contribution in [-0.2, 0) is 0 Å². The van der Waals surface area contributed by atoms with Crippen molar-refractivity contribution in [3.05, 3.63) is 30.0 Å². The zero-order valence-electron chi connectivity index (χ0n) is 8.27. The van der Waals surface area contributed by atoms with E-state index in [0.717, 1.165) is 10.9 Å². The van der Waals surface area contributed by atoms with Crippen molar-refractivity contribution in [1.82, 2.24) is 10.2 Å². The first-order chi connectivity index (χ1) is 7.36. The van der Waals surface area contributed by atoms with Gasteiger partial charge in [0.1, 0.15) is 6.07 Å². The average Bonchev–Trinajstić information content (AvgIpc) is 2.30. The van der Waals surface area contributed by atoms with E-state index in [0.29, 0.717) is 12.4 Å². The maximum Gasteiger partial charge on any atom is 0.205 e. The van der Waals surface area contributed by atoms with E-state index >= 15 is 0 Å².